The molecule has 1 aromatic rings. The molecule has 0 radical (unpaired) electrons. The maximum Gasteiger partial charge on any atom is 0.224 e. The summed E-state index contributed by atoms with van der Waals surface area (Å²) in [6.07, 6.45) is 4.14. The van der Waals surface area contributed by atoms with Gasteiger partial charge in [-0.1, -0.05) is 5.21 Å². The number of hydrogen-bond donors (Lipinski definition) is 1. The largest absolute Gasteiger partial charge is 0.378 e. The molecule has 4 rings (SSSR count). The highest BCUT2D eigenvalue weighted by Crippen LogP contribution is 2.36. The van der Waals surface area contributed by atoms with Gasteiger partial charge in [-0.05, 0) is 39.2 Å². The molecule has 0 saturated carbocycles. The van der Waals surface area contributed by atoms with Crippen LogP contribution in [0, 0.1) is 11.8 Å². The van der Waals surface area contributed by atoms with E-state index in [4.69, 9.17) is 4.74 Å². The highest BCUT2D eigenvalue weighted by molar-refractivity contribution is 5.79. The van der Waals surface area contributed by atoms with Crippen LogP contribution in [0.4, 0.5) is 0 Å². The van der Waals surface area contributed by atoms with Gasteiger partial charge in [-0.15, -0.1) is 5.10 Å². The molecule has 0 aromatic carbocycles. The Balaban J connectivity index is 1.59. The zero-order valence-electron chi connectivity index (χ0n) is 14.2. The molecule has 2 bridgehead atoms. The first-order chi connectivity index (χ1) is 11.1. The average Bonchev–Trinajstić information content (AvgIpc) is 2.95. The van der Waals surface area contributed by atoms with Gasteiger partial charge in [0, 0.05) is 25.7 Å². The number of rotatable bonds is 6. The number of piperidine rings is 3. The number of carbonyl (C=O) groups excluding carboxylic acids is 1. The highest BCUT2D eigenvalue weighted by Gasteiger charge is 2.43. The number of nitrogens with zero attached hydrogens (tertiary/aromatic N) is 4. The van der Waals surface area contributed by atoms with Crippen LogP contribution in [0.25, 0.3) is 0 Å². The summed E-state index contributed by atoms with van der Waals surface area (Å²) in [5.41, 5.74) is 0.859. The topological polar surface area (TPSA) is 72.3 Å². The molecule has 4 unspecified atom stereocenters. The molecule has 3 aliphatic rings. The Labute approximate surface area is 137 Å². The predicted octanol–water partition coefficient (Wildman–Crippen LogP) is 0.660. The molecule has 128 valence electrons. The first-order valence-electron chi connectivity index (χ1n) is 8.49. The molecule has 4 atom stereocenters. The first kappa shape index (κ1) is 16.4. The van der Waals surface area contributed by atoms with Crippen LogP contribution in [-0.2, 0) is 22.7 Å². The van der Waals surface area contributed by atoms with E-state index in [1.165, 1.54) is 0 Å². The number of nitrogens with one attached hydrogen (secondary N) is 1. The minimum absolute atomic E-state index is 0.141. The maximum atomic E-state index is 12.4. The van der Waals surface area contributed by atoms with Crippen molar-refractivity contribution in [1.82, 2.24) is 25.2 Å². The quantitative estimate of drug-likeness (QED) is 0.833. The van der Waals surface area contributed by atoms with Crippen LogP contribution in [0.5, 0.6) is 0 Å². The lowest BCUT2D eigenvalue weighted by Crippen LogP contribution is -2.58. The van der Waals surface area contributed by atoms with E-state index in [9.17, 15) is 4.79 Å². The summed E-state index contributed by atoms with van der Waals surface area (Å²) in [4.78, 5) is 14.8. The third kappa shape index (κ3) is 3.72. The molecule has 0 spiro atoms. The number of amides is 1. The van der Waals surface area contributed by atoms with Crippen LogP contribution in [0.2, 0.25) is 0 Å². The third-order valence-corrected chi connectivity index (χ3v) is 4.92. The number of methoxy groups -OCH3 is 1. The second kappa shape index (κ2) is 6.97. The summed E-state index contributed by atoms with van der Waals surface area (Å²) in [6.45, 7) is 7.32. The van der Waals surface area contributed by atoms with Crippen molar-refractivity contribution in [3.05, 3.63) is 11.9 Å². The number of fused-ring (bicyclic) bond motifs is 3. The van der Waals surface area contributed by atoms with Crippen LogP contribution in [-0.4, -0.2) is 58.1 Å². The standard InChI is InChI=1S/C16H27N5O2/c1-11(2)17-16(22)15-9-20-5-4-12(15)6-14(20)8-21-7-13(10-23-3)18-19-21/h7,11-12,14-15H,4-6,8-10H2,1-3H3,(H,17,22). The number of ether oxygens (including phenoxy) is 1. The second-order valence-corrected chi connectivity index (χ2v) is 7.07. The Bertz CT molecular complexity index is 544. The van der Waals surface area contributed by atoms with Gasteiger partial charge in [0.25, 0.3) is 0 Å². The van der Waals surface area contributed by atoms with Gasteiger partial charge in [-0.25, -0.2) is 0 Å². The van der Waals surface area contributed by atoms with Crippen LogP contribution < -0.4 is 5.32 Å². The van der Waals surface area contributed by atoms with E-state index in [1.807, 2.05) is 24.7 Å². The number of carbonyl (C=O) groups is 1. The van der Waals surface area contributed by atoms with E-state index >= 15 is 0 Å². The molecule has 1 N–H and O–H groups in total. The van der Waals surface area contributed by atoms with E-state index in [0.29, 0.717) is 18.6 Å². The maximum absolute atomic E-state index is 12.4. The molecule has 3 fully saturated rings. The van der Waals surface area contributed by atoms with E-state index in [0.717, 1.165) is 38.2 Å². The van der Waals surface area contributed by atoms with Gasteiger partial charge >= 0.3 is 0 Å². The third-order valence-electron chi connectivity index (χ3n) is 4.92. The fourth-order valence-corrected chi connectivity index (χ4v) is 3.87. The van der Waals surface area contributed by atoms with Crippen molar-refractivity contribution in [2.45, 2.75) is 51.9 Å². The number of hydrogen-bond acceptors (Lipinski definition) is 5. The molecule has 4 heterocycles. The molecule has 1 amide bonds. The predicted molar refractivity (Wildman–Crippen MR) is 85.6 cm³/mol. The van der Waals surface area contributed by atoms with Gasteiger partial charge in [0.2, 0.25) is 5.91 Å². The Morgan fingerprint density at radius 1 is 1.52 bits per heavy atom. The van der Waals surface area contributed by atoms with Crippen LogP contribution in [0.3, 0.4) is 0 Å². The normalized spacial score (nSPS) is 29.9. The van der Waals surface area contributed by atoms with Gasteiger partial charge in [0.15, 0.2) is 0 Å². The lowest BCUT2D eigenvalue weighted by Gasteiger charge is -2.49. The Kier molecular flexibility index (Phi) is 4.96. The minimum Gasteiger partial charge on any atom is -0.378 e. The molecular formula is C16H27N5O2. The zero-order valence-corrected chi connectivity index (χ0v) is 14.2. The Morgan fingerprint density at radius 3 is 3.00 bits per heavy atom. The number of aromatic nitrogens is 3. The van der Waals surface area contributed by atoms with Crippen LogP contribution in [0.15, 0.2) is 6.20 Å². The Morgan fingerprint density at radius 2 is 2.35 bits per heavy atom. The fourth-order valence-electron chi connectivity index (χ4n) is 3.87. The van der Waals surface area contributed by atoms with Gasteiger partial charge in [0.05, 0.1) is 25.3 Å². The summed E-state index contributed by atoms with van der Waals surface area (Å²) >= 11 is 0. The monoisotopic (exact) mass is 321 g/mol. The van der Waals surface area contributed by atoms with Crippen molar-refractivity contribution in [3.8, 4) is 0 Å². The molecule has 1 aromatic heterocycles. The molecule has 7 nitrogen and oxygen atoms in total. The first-order valence-corrected chi connectivity index (χ1v) is 8.49. The van der Waals surface area contributed by atoms with Crippen molar-refractivity contribution in [2.24, 2.45) is 11.8 Å². The van der Waals surface area contributed by atoms with E-state index in [2.05, 4.69) is 20.5 Å². The summed E-state index contributed by atoms with van der Waals surface area (Å²) in [7, 11) is 1.66. The van der Waals surface area contributed by atoms with Crippen molar-refractivity contribution in [1.29, 1.82) is 0 Å². The van der Waals surface area contributed by atoms with Crippen LogP contribution >= 0.6 is 0 Å². The van der Waals surface area contributed by atoms with Crippen molar-refractivity contribution in [2.75, 3.05) is 20.2 Å². The molecular weight excluding hydrogens is 294 g/mol. The highest BCUT2D eigenvalue weighted by atomic mass is 16.5. The average molecular weight is 321 g/mol. The summed E-state index contributed by atoms with van der Waals surface area (Å²) in [6, 6.07) is 0.664. The molecule has 3 aliphatic heterocycles. The van der Waals surface area contributed by atoms with Crippen LogP contribution in [0.1, 0.15) is 32.4 Å². The molecule has 3 saturated heterocycles. The van der Waals surface area contributed by atoms with E-state index in [-0.39, 0.29) is 17.9 Å². The second-order valence-electron chi connectivity index (χ2n) is 7.07. The summed E-state index contributed by atoms with van der Waals surface area (Å²) in [5, 5.41) is 11.4. The van der Waals surface area contributed by atoms with Gasteiger partial charge in [-0.2, -0.15) is 0 Å². The summed E-state index contributed by atoms with van der Waals surface area (Å²) in [5.74, 6) is 0.851. The van der Waals surface area contributed by atoms with E-state index < -0.39 is 0 Å². The van der Waals surface area contributed by atoms with Crippen molar-refractivity contribution in [3.63, 3.8) is 0 Å². The summed E-state index contributed by atoms with van der Waals surface area (Å²) < 4.78 is 6.99. The molecule has 7 heteroatoms. The lowest BCUT2D eigenvalue weighted by molar-refractivity contribution is -0.133. The molecule has 0 aliphatic carbocycles. The van der Waals surface area contributed by atoms with Gasteiger partial charge < -0.3 is 10.1 Å². The van der Waals surface area contributed by atoms with Gasteiger partial charge in [-0.3, -0.25) is 14.4 Å². The Hall–Kier alpha value is -1.47. The van der Waals surface area contributed by atoms with Gasteiger partial charge in [0.1, 0.15) is 5.69 Å². The zero-order chi connectivity index (χ0) is 16.4. The molecule has 23 heavy (non-hydrogen) atoms. The minimum atomic E-state index is 0.141. The fraction of sp³-hybridized carbons (Fsp3) is 0.812. The van der Waals surface area contributed by atoms with E-state index in [1.54, 1.807) is 7.11 Å². The SMILES string of the molecule is COCc1cn(CC2CC3CCN2CC3C(=O)NC(C)C)nn1. The lowest BCUT2D eigenvalue weighted by atomic mass is 9.75. The smallest absolute Gasteiger partial charge is 0.224 e. The van der Waals surface area contributed by atoms with Crippen molar-refractivity contribution >= 4 is 5.91 Å². The van der Waals surface area contributed by atoms with Crippen molar-refractivity contribution < 1.29 is 9.53 Å².